The standard InChI is InChI=1S/C26H34N2O4S/c1-19(2)21-9-11-24(12-10-21)33(30,31)28-15-13-23(14-16-28)26(29)27-17-20(3)32-25(18-27)22-7-5-4-6-8-22/h4-12,19-20,23,25H,13-18H2,1-3H3. The summed E-state index contributed by atoms with van der Waals surface area (Å²) in [7, 11) is -3.54. The second kappa shape index (κ2) is 9.95. The number of piperidine rings is 1. The molecule has 2 aliphatic heterocycles. The van der Waals surface area contributed by atoms with Crippen molar-refractivity contribution < 1.29 is 17.9 Å². The molecule has 0 radical (unpaired) electrons. The van der Waals surface area contributed by atoms with Crippen molar-refractivity contribution in [1.29, 1.82) is 0 Å². The Morgan fingerprint density at radius 2 is 1.61 bits per heavy atom. The highest BCUT2D eigenvalue weighted by Crippen LogP contribution is 2.30. The van der Waals surface area contributed by atoms with Crippen LogP contribution in [-0.2, 0) is 19.6 Å². The molecule has 4 rings (SSSR count). The van der Waals surface area contributed by atoms with Gasteiger partial charge < -0.3 is 9.64 Å². The molecule has 2 aliphatic rings. The summed E-state index contributed by atoms with van der Waals surface area (Å²) in [4.78, 5) is 15.5. The van der Waals surface area contributed by atoms with Crippen LogP contribution in [0.4, 0.5) is 0 Å². The molecule has 0 spiro atoms. The normalized spacial score (nSPS) is 23.1. The first-order valence-electron chi connectivity index (χ1n) is 11.8. The number of rotatable bonds is 5. The first-order chi connectivity index (χ1) is 15.8. The second-order valence-corrected chi connectivity index (χ2v) is 11.4. The van der Waals surface area contributed by atoms with Crippen molar-refractivity contribution in [3.8, 4) is 0 Å². The summed E-state index contributed by atoms with van der Waals surface area (Å²) in [6.45, 7) is 8.01. The minimum atomic E-state index is -3.54. The van der Waals surface area contributed by atoms with Gasteiger partial charge in [0.25, 0.3) is 0 Å². The molecular formula is C26H34N2O4S. The third kappa shape index (κ3) is 5.31. The Balaban J connectivity index is 1.38. The van der Waals surface area contributed by atoms with Gasteiger partial charge in [-0.1, -0.05) is 56.3 Å². The molecule has 0 bridgehead atoms. The van der Waals surface area contributed by atoms with Gasteiger partial charge in [0.05, 0.1) is 17.5 Å². The van der Waals surface area contributed by atoms with Gasteiger partial charge >= 0.3 is 0 Å². The molecule has 0 N–H and O–H groups in total. The number of hydrogen-bond donors (Lipinski definition) is 0. The highest BCUT2D eigenvalue weighted by Gasteiger charge is 2.36. The van der Waals surface area contributed by atoms with Crippen LogP contribution in [0.5, 0.6) is 0 Å². The average molecular weight is 471 g/mol. The lowest BCUT2D eigenvalue weighted by molar-refractivity contribution is -0.150. The third-order valence-electron chi connectivity index (χ3n) is 6.73. The number of benzene rings is 2. The number of sulfonamides is 1. The number of ether oxygens (including phenoxy) is 1. The van der Waals surface area contributed by atoms with Crippen LogP contribution in [0.25, 0.3) is 0 Å². The number of carbonyl (C=O) groups is 1. The summed E-state index contributed by atoms with van der Waals surface area (Å²) in [6, 6.07) is 17.2. The Kier molecular flexibility index (Phi) is 7.22. The van der Waals surface area contributed by atoms with Crippen LogP contribution in [0.3, 0.4) is 0 Å². The molecule has 2 aromatic carbocycles. The summed E-state index contributed by atoms with van der Waals surface area (Å²) < 4.78 is 33.8. The van der Waals surface area contributed by atoms with Gasteiger partial charge in [0.1, 0.15) is 6.10 Å². The summed E-state index contributed by atoms with van der Waals surface area (Å²) in [5.74, 6) is 0.318. The molecule has 0 aromatic heterocycles. The lowest BCUT2D eigenvalue weighted by atomic mass is 9.95. The lowest BCUT2D eigenvalue weighted by Gasteiger charge is -2.40. The number of hydrogen-bond acceptors (Lipinski definition) is 4. The van der Waals surface area contributed by atoms with Crippen LogP contribution in [-0.4, -0.2) is 55.8 Å². The van der Waals surface area contributed by atoms with E-state index in [2.05, 4.69) is 13.8 Å². The zero-order valence-corrected chi connectivity index (χ0v) is 20.5. The first-order valence-corrected chi connectivity index (χ1v) is 13.3. The van der Waals surface area contributed by atoms with Crippen LogP contribution in [0.15, 0.2) is 59.5 Å². The highest BCUT2D eigenvalue weighted by molar-refractivity contribution is 7.89. The van der Waals surface area contributed by atoms with E-state index < -0.39 is 10.0 Å². The van der Waals surface area contributed by atoms with E-state index in [9.17, 15) is 13.2 Å². The van der Waals surface area contributed by atoms with E-state index in [0.717, 1.165) is 11.1 Å². The van der Waals surface area contributed by atoms with Crippen LogP contribution in [0.2, 0.25) is 0 Å². The van der Waals surface area contributed by atoms with Gasteiger partial charge in [-0.15, -0.1) is 0 Å². The van der Waals surface area contributed by atoms with E-state index in [4.69, 9.17) is 4.74 Å². The molecule has 2 heterocycles. The molecule has 0 aliphatic carbocycles. The summed E-state index contributed by atoms with van der Waals surface area (Å²) in [5.41, 5.74) is 2.19. The predicted molar refractivity (Wildman–Crippen MR) is 128 cm³/mol. The number of carbonyl (C=O) groups excluding carboxylic acids is 1. The van der Waals surface area contributed by atoms with Crippen molar-refractivity contribution in [3.05, 3.63) is 65.7 Å². The molecule has 178 valence electrons. The number of nitrogens with zero attached hydrogens (tertiary/aromatic N) is 2. The molecule has 1 amide bonds. The maximum absolute atomic E-state index is 13.3. The molecule has 2 saturated heterocycles. The molecular weight excluding hydrogens is 436 g/mol. The maximum atomic E-state index is 13.3. The van der Waals surface area contributed by atoms with Crippen molar-refractivity contribution in [2.45, 2.75) is 56.6 Å². The van der Waals surface area contributed by atoms with Crippen molar-refractivity contribution in [3.63, 3.8) is 0 Å². The molecule has 2 aromatic rings. The van der Waals surface area contributed by atoms with Gasteiger partial charge in [-0.05, 0) is 48.9 Å². The van der Waals surface area contributed by atoms with Crippen molar-refractivity contribution in [2.75, 3.05) is 26.2 Å². The van der Waals surface area contributed by atoms with Crippen molar-refractivity contribution in [1.82, 2.24) is 9.21 Å². The van der Waals surface area contributed by atoms with Crippen LogP contribution in [0.1, 0.15) is 56.8 Å². The molecule has 2 atom stereocenters. The smallest absolute Gasteiger partial charge is 0.243 e. The Hall–Kier alpha value is -2.22. The molecule has 0 saturated carbocycles. The lowest BCUT2D eigenvalue weighted by Crippen LogP contribution is -2.50. The monoisotopic (exact) mass is 470 g/mol. The minimum Gasteiger partial charge on any atom is -0.367 e. The fraction of sp³-hybridized carbons (Fsp3) is 0.500. The van der Waals surface area contributed by atoms with Crippen LogP contribution < -0.4 is 0 Å². The van der Waals surface area contributed by atoms with Crippen LogP contribution in [0, 0.1) is 5.92 Å². The zero-order chi connectivity index (χ0) is 23.6. The molecule has 6 nitrogen and oxygen atoms in total. The fourth-order valence-corrected chi connectivity index (χ4v) is 6.23. The fourth-order valence-electron chi connectivity index (χ4n) is 4.76. The second-order valence-electron chi connectivity index (χ2n) is 9.49. The van der Waals surface area contributed by atoms with E-state index in [-0.39, 0.29) is 24.0 Å². The molecule has 7 heteroatoms. The maximum Gasteiger partial charge on any atom is 0.243 e. The summed E-state index contributed by atoms with van der Waals surface area (Å²) in [5, 5.41) is 0. The van der Waals surface area contributed by atoms with E-state index in [1.165, 1.54) is 4.31 Å². The molecule has 33 heavy (non-hydrogen) atoms. The van der Waals surface area contributed by atoms with Gasteiger partial charge in [0.15, 0.2) is 0 Å². The van der Waals surface area contributed by atoms with E-state index >= 15 is 0 Å². The van der Waals surface area contributed by atoms with Crippen LogP contribution >= 0.6 is 0 Å². The van der Waals surface area contributed by atoms with Crippen molar-refractivity contribution >= 4 is 15.9 Å². The quantitative estimate of drug-likeness (QED) is 0.657. The predicted octanol–water partition coefficient (Wildman–Crippen LogP) is 4.20. The number of amides is 1. The SMILES string of the molecule is CC1CN(C(=O)C2CCN(S(=O)(=O)c3ccc(C(C)C)cc3)CC2)CC(c2ccccc2)O1. The first kappa shape index (κ1) is 23.9. The van der Waals surface area contributed by atoms with E-state index in [1.54, 1.807) is 12.1 Å². The topological polar surface area (TPSA) is 66.9 Å². The Morgan fingerprint density at radius 1 is 0.970 bits per heavy atom. The van der Waals surface area contributed by atoms with Gasteiger partial charge in [0, 0.05) is 25.6 Å². The summed E-state index contributed by atoms with van der Waals surface area (Å²) >= 11 is 0. The third-order valence-corrected chi connectivity index (χ3v) is 8.64. The average Bonchev–Trinajstić information content (AvgIpc) is 2.84. The van der Waals surface area contributed by atoms with Crippen molar-refractivity contribution in [2.24, 2.45) is 5.92 Å². The van der Waals surface area contributed by atoms with Gasteiger partial charge in [0.2, 0.25) is 15.9 Å². The van der Waals surface area contributed by atoms with E-state index in [0.29, 0.717) is 49.8 Å². The van der Waals surface area contributed by atoms with Gasteiger partial charge in [-0.3, -0.25) is 4.79 Å². The Bertz CT molecular complexity index is 1050. The number of morpholine rings is 1. The Morgan fingerprint density at radius 3 is 2.21 bits per heavy atom. The minimum absolute atomic E-state index is 0.0396. The zero-order valence-electron chi connectivity index (χ0n) is 19.7. The summed E-state index contributed by atoms with van der Waals surface area (Å²) in [6.07, 6.45) is 0.920. The van der Waals surface area contributed by atoms with Gasteiger partial charge in [-0.2, -0.15) is 4.31 Å². The highest BCUT2D eigenvalue weighted by atomic mass is 32.2. The van der Waals surface area contributed by atoms with Gasteiger partial charge in [-0.25, -0.2) is 8.42 Å². The Labute approximate surface area is 197 Å². The molecule has 2 unspecified atom stereocenters. The molecule has 2 fully saturated rings. The van der Waals surface area contributed by atoms with E-state index in [1.807, 2.05) is 54.3 Å². The largest absolute Gasteiger partial charge is 0.367 e.